The Balaban J connectivity index is 0.00000144. The summed E-state index contributed by atoms with van der Waals surface area (Å²) in [7, 11) is 0. The molecule has 0 aliphatic rings. The van der Waals surface area contributed by atoms with Crippen molar-refractivity contribution in [1.29, 1.82) is 0 Å². The summed E-state index contributed by atoms with van der Waals surface area (Å²) in [6, 6.07) is 3.10. The van der Waals surface area contributed by atoms with E-state index in [-0.39, 0.29) is 40.9 Å². The molecule has 0 fully saturated rings. The van der Waals surface area contributed by atoms with Crippen LogP contribution in [0.25, 0.3) is 0 Å². The van der Waals surface area contributed by atoms with Gasteiger partial charge in [-0.1, -0.05) is 6.07 Å². The molecule has 0 aliphatic heterocycles. The number of aromatic carboxylic acids is 1. The molecule has 64 valence electrons. The second-order valence-corrected chi connectivity index (χ2v) is 2.77. The molecule has 1 aromatic rings. The van der Waals surface area contributed by atoms with Crippen LogP contribution in [-0.4, -0.2) is 11.1 Å². The second kappa shape index (κ2) is 4.65. The van der Waals surface area contributed by atoms with Gasteiger partial charge in [0.2, 0.25) is 0 Å². The molecule has 0 unspecified atom stereocenters. The quantitative estimate of drug-likeness (QED) is 0.491. The number of aryl methyl sites for hydroxylation is 2. The van der Waals surface area contributed by atoms with E-state index in [9.17, 15) is 15.0 Å². The van der Waals surface area contributed by atoms with Crippen LogP contribution in [0.4, 0.5) is 0 Å². The van der Waals surface area contributed by atoms with Crippen molar-refractivity contribution in [1.82, 2.24) is 0 Å². The van der Waals surface area contributed by atoms with Crippen LogP contribution in [0.5, 0.6) is 5.75 Å². The summed E-state index contributed by atoms with van der Waals surface area (Å²) >= 11 is 0. The van der Waals surface area contributed by atoms with E-state index >= 15 is 0 Å². The van der Waals surface area contributed by atoms with Crippen LogP contribution in [0, 0.1) is 13.8 Å². The topological polar surface area (TPSA) is 60.4 Å². The summed E-state index contributed by atoms with van der Waals surface area (Å²) in [5, 5.41) is 19.7. The molecule has 0 saturated heterocycles. The molecule has 0 bridgehead atoms. The van der Waals surface area contributed by atoms with Crippen LogP contribution < -0.4 is 34.7 Å². The Hall–Kier alpha value is -0.510. The summed E-state index contributed by atoms with van der Waals surface area (Å²) in [5.74, 6) is -1.56. The maximum absolute atomic E-state index is 10.5. The molecule has 0 aromatic heterocycles. The van der Waals surface area contributed by atoms with Gasteiger partial charge in [-0.15, -0.1) is 0 Å². The normalized spacial score (nSPS) is 9.08. The first-order valence-corrected chi connectivity index (χ1v) is 3.54. The van der Waals surface area contributed by atoms with Crippen molar-refractivity contribution in [3.05, 3.63) is 28.8 Å². The van der Waals surface area contributed by atoms with Crippen molar-refractivity contribution in [3.63, 3.8) is 0 Å². The van der Waals surface area contributed by atoms with Gasteiger partial charge < -0.3 is 15.0 Å². The van der Waals surface area contributed by atoms with Crippen molar-refractivity contribution in [3.8, 4) is 5.75 Å². The van der Waals surface area contributed by atoms with Gasteiger partial charge in [-0.05, 0) is 31.0 Å². The minimum atomic E-state index is -1.35. The van der Waals surface area contributed by atoms with E-state index in [1.54, 1.807) is 19.9 Å². The minimum Gasteiger partial charge on any atom is -0.545 e. The van der Waals surface area contributed by atoms with E-state index in [2.05, 4.69) is 0 Å². The fourth-order valence-corrected chi connectivity index (χ4v) is 1.12. The molecule has 0 spiro atoms. The number of hydrogen-bond donors (Lipinski definition) is 1. The largest absolute Gasteiger partial charge is 1.00 e. The summed E-state index contributed by atoms with van der Waals surface area (Å²) in [5.41, 5.74) is 1.20. The van der Waals surface area contributed by atoms with E-state index in [4.69, 9.17) is 0 Å². The number of aromatic hydroxyl groups is 1. The van der Waals surface area contributed by atoms with E-state index in [1.165, 1.54) is 6.07 Å². The monoisotopic (exact) mass is 188 g/mol. The number of hydrogen-bond acceptors (Lipinski definition) is 3. The number of phenols is 1. The van der Waals surface area contributed by atoms with Gasteiger partial charge in [0.05, 0.1) is 5.97 Å². The van der Waals surface area contributed by atoms with Crippen LogP contribution in [0.3, 0.4) is 0 Å². The SMILES string of the molecule is Cc1cc(C)c(O)c(C(=O)[O-])c1.[Na+]. The molecule has 13 heavy (non-hydrogen) atoms. The van der Waals surface area contributed by atoms with Gasteiger partial charge in [0.25, 0.3) is 0 Å². The Morgan fingerprint density at radius 3 is 2.38 bits per heavy atom. The smallest absolute Gasteiger partial charge is 0.545 e. The standard InChI is InChI=1S/C9H10O3.Na/c1-5-3-6(2)8(10)7(4-5)9(11)12;/h3-4,10H,1-2H3,(H,11,12);/q;+1/p-1. The number of carbonyl (C=O) groups is 1. The zero-order valence-corrected chi connectivity index (χ0v) is 9.92. The number of carboxylic acid groups (broad SMARTS) is 1. The number of rotatable bonds is 1. The first-order chi connectivity index (χ1) is 5.52. The molecule has 3 nitrogen and oxygen atoms in total. The third-order valence-corrected chi connectivity index (χ3v) is 1.66. The van der Waals surface area contributed by atoms with Gasteiger partial charge in [0.15, 0.2) is 0 Å². The molecule has 1 N–H and O–H groups in total. The Kier molecular flexibility index (Phi) is 4.47. The molecule has 0 radical (unpaired) electrons. The maximum Gasteiger partial charge on any atom is 1.00 e. The molecule has 0 heterocycles. The zero-order chi connectivity index (χ0) is 9.30. The molecule has 0 amide bonds. The van der Waals surface area contributed by atoms with E-state index in [1.807, 2.05) is 0 Å². The fraction of sp³-hybridized carbons (Fsp3) is 0.222. The van der Waals surface area contributed by atoms with E-state index < -0.39 is 5.97 Å². The molecule has 0 aliphatic carbocycles. The number of carbonyl (C=O) groups excluding carboxylic acids is 1. The van der Waals surface area contributed by atoms with Gasteiger partial charge in [-0.2, -0.15) is 0 Å². The third kappa shape index (κ3) is 2.72. The molecular weight excluding hydrogens is 179 g/mol. The van der Waals surface area contributed by atoms with Crippen LogP contribution in [0.1, 0.15) is 21.5 Å². The molecule has 0 atom stereocenters. The first kappa shape index (κ1) is 12.5. The Morgan fingerprint density at radius 1 is 1.38 bits per heavy atom. The zero-order valence-electron chi connectivity index (χ0n) is 7.92. The van der Waals surface area contributed by atoms with E-state index in [0.29, 0.717) is 5.56 Å². The Bertz CT molecular complexity index is 334. The summed E-state index contributed by atoms with van der Waals surface area (Å²) in [6.07, 6.45) is 0. The van der Waals surface area contributed by atoms with Crippen LogP contribution in [0.2, 0.25) is 0 Å². The molecule has 1 aromatic carbocycles. The predicted molar refractivity (Wildman–Crippen MR) is 41.9 cm³/mol. The van der Waals surface area contributed by atoms with Crippen molar-refractivity contribution in [2.75, 3.05) is 0 Å². The van der Waals surface area contributed by atoms with Crippen molar-refractivity contribution < 1.29 is 44.6 Å². The average Bonchev–Trinajstić information content (AvgIpc) is 1.96. The Morgan fingerprint density at radius 2 is 1.92 bits per heavy atom. The van der Waals surface area contributed by atoms with Crippen molar-refractivity contribution >= 4 is 5.97 Å². The molecular formula is C9H9NaO3. The first-order valence-electron chi connectivity index (χ1n) is 3.54. The minimum absolute atomic E-state index is 0. The summed E-state index contributed by atoms with van der Waals surface area (Å²) in [6.45, 7) is 3.41. The molecule has 1 rings (SSSR count). The average molecular weight is 188 g/mol. The number of carboxylic acids is 1. The maximum atomic E-state index is 10.5. The van der Waals surface area contributed by atoms with Gasteiger partial charge in [0, 0.05) is 5.56 Å². The van der Waals surface area contributed by atoms with Crippen LogP contribution >= 0.6 is 0 Å². The molecule has 0 saturated carbocycles. The van der Waals surface area contributed by atoms with Gasteiger partial charge >= 0.3 is 29.6 Å². The van der Waals surface area contributed by atoms with Crippen molar-refractivity contribution in [2.45, 2.75) is 13.8 Å². The van der Waals surface area contributed by atoms with Crippen LogP contribution in [0.15, 0.2) is 12.1 Å². The third-order valence-electron chi connectivity index (χ3n) is 1.66. The summed E-state index contributed by atoms with van der Waals surface area (Å²) in [4.78, 5) is 10.5. The van der Waals surface area contributed by atoms with Gasteiger partial charge in [-0.3, -0.25) is 0 Å². The van der Waals surface area contributed by atoms with Crippen LogP contribution in [-0.2, 0) is 0 Å². The number of benzene rings is 1. The Labute approximate surface area is 98.7 Å². The van der Waals surface area contributed by atoms with E-state index in [0.717, 1.165) is 5.56 Å². The fourth-order valence-electron chi connectivity index (χ4n) is 1.12. The van der Waals surface area contributed by atoms with Gasteiger partial charge in [0.1, 0.15) is 5.75 Å². The summed E-state index contributed by atoms with van der Waals surface area (Å²) < 4.78 is 0. The predicted octanol–water partition coefficient (Wildman–Crippen LogP) is -2.62. The van der Waals surface area contributed by atoms with Crippen molar-refractivity contribution in [2.24, 2.45) is 0 Å². The molecule has 4 heteroatoms. The second-order valence-electron chi connectivity index (χ2n) is 2.77. The van der Waals surface area contributed by atoms with Gasteiger partial charge in [-0.25, -0.2) is 0 Å².